The van der Waals surface area contributed by atoms with Gasteiger partial charge in [-0.1, -0.05) is 6.07 Å². The molecule has 76 valence electrons. The summed E-state index contributed by atoms with van der Waals surface area (Å²) < 4.78 is 0. The first-order chi connectivity index (χ1) is 6.79. The summed E-state index contributed by atoms with van der Waals surface area (Å²) in [6.07, 6.45) is 1.87. The maximum Gasteiger partial charge on any atom is 0.131 e. The van der Waals surface area contributed by atoms with E-state index in [1.807, 2.05) is 12.3 Å². The predicted molar refractivity (Wildman–Crippen MR) is 58.7 cm³/mol. The van der Waals surface area contributed by atoms with Crippen molar-refractivity contribution in [2.45, 2.75) is 19.9 Å². The average Bonchev–Trinajstić information content (AvgIpc) is 2.20. The molecule has 0 aliphatic carbocycles. The van der Waals surface area contributed by atoms with E-state index in [0.717, 1.165) is 25.5 Å². The monoisotopic (exact) mass is 191 g/mol. The van der Waals surface area contributed by atoms with Gasteiger partial charge in [0.15, 0.2) is 0 Å². The van der Waals surface area contributed by atoms with Crippen LogP contribution in [0.4, 0.5) is 5.82 Å². The van der Waals surface area contributed by atoms with Gasteiger partial charge in [-0.2, -0.15) is 0 Å². The van der Waals surface area contributed by atoms with Crippen LogP contribution in [0.25, 0.3) is 0 Å². The molecule has 2 rings (SSSR count). The van der Waals surface area contributed by atoms with Crippen LogP contribution in [-0.4, -0.2) is 30.7 Å². The second-order valence-corrected chi connectivity index (χ2v) is 3.89. The summed E-state index contributed by atoms with van der Waals surface area (Å²) in [7, 11) is 0. The third-order valence-corrected chi connectivity index (χ3v) is 2.76. The van der Waals surface area contributed by atoms with E-state index in [9.17, 15) is 0 Å². The van der Waals surface area contributed by atoms with E-state index in [2.05, 4.69) is 35.1 Å². The van der Waals surface area contributed by atoms with E-state index in [1.165, 1.54) is 5.56 Å². The lowest BCUT2D eigenvalue weighted by atomic mass is 10.2. The molecule has 1 unspecified atom stereocenters. The molecule has 1 fully saturated rings. The van der Waals surface area contributed by atoms with Crippen molar-refractivity contribution in [2.75, 3.05) is 24.5 Å². The van der Waals surface area contributed by atoms with Gasteiger partial charge in [0.25, 0.3) is 0 Å². The lowest BCUT2D eigenvalue weighted by molar-refractivity contribution is 0.496. The highest BCUT2D eigenvalue weighted by atomic mass is 15.3. The summed E-state index contributed by atoms with van der Waals surface area (Å²) in [5.74, 6) is 1.14. The Labute approximate surface area is 85.1 Å². The highest BCUT2D eigenvalue weighted by molar-refractivity contribution is 5.47. The maximum atomic E-state index is 4.45. The first kappa shape index (κ1) is 9.46. The molecule has 0 saturated carbocycles. The van der Waals surface area contributed by atoms with Crippen LogP contribution in [0, 0.1) is 6.92 Å². The van der Waals surface area contributed by atoms with Crippen LogP contribution in [-0.2, 0) is 0 Å². The standard InChI is InChI=1S/C11H17N3/c1-9-4-3-5-13-11(9)14-7-6-12-8-10(14)2/h3-5,10,12H,6-8H2,1-2H3. The Morgan fingerprint density at radius 3 is 3.14 bits per heavy atom. The molecule has 1 aliphatic rings. The Balaban J connectivity index is 2.25. The summed E-state index contributed by atoms with van der Waals surface area (Å²) in [4.78, 5) is 6.83. The van der Waals surface area contributed by atoms with E-state index in [1.54, 1.807) is 0 Å². The van der Waals surface area contributed by atoms with E-state index in [-0.39, 0.29) is 0 Å². The van der Waals surface area contributed by atoms with Crippen molar-refractivity contribution in [2.24, 2.45) is 0 Å². The quantitative estimate of drug-likeness (QED) is 0.722. The van der Waals surface area contributed by atoms with Gasteiger partial charge in [-0.3, -0.25) is 0 Å². The second kappa shape index (κ2) is 3.96. The molecule has 1 saturated heterocycles. The van der Waals surface area contributed by atoms with Gasteiger partial charge >= 0.3 is 0 Å². The molecule has 1 aromatic heterocycles. The number of aromatic nitrogens is 1. The molecule has 14 heavy (non-hydrogen) atoms. The molecule has 3 nitrogen and oxygen atoms in total. The summed E-state index contributed by atoms with van der Waals surface area (Å²) in [6.45, 7) is 7.52. The lowest BCUT2D eigenvalue weighted by Crippen LogP contribution is -2.50. The smallest absolute Gasteiger partial charge is 0.131 e. The zero-order valence-corrected chi connectivity index (χ0v) is 8.83. The molecular formula is C11H17N3. The number of nitrogens with one attached hydrogen (secondary N) is 1. The fourth-order valence-electron chi connectivity index (χ4n) is 1.93. The van der Waals surface area contributed by atoms with E-state index >= 15 is 0 Å². The van der Waals surface area contributed by atoms with Crippen molar-refractivity contribution >= 4 is 5.82 Å². The first-order valence-electron chi connectivity index (χ1n) is 5.18. The largest absolute Gasteiger partial charge is 0.351 e. The molecule has 1 atom stereocenters. The van der Waals surface area contributed by atoms with Gasteiger partial charge in [0, 0.05) is 31.9 Å². The minimum absolute atomic E-state index is 0.539. The summed E-state index contributed by atoms with van der Waals surface area (Å²) in [5.41, 5.74) is 1.27. The number of pyridine rings is 1. The highest BCUT2D eigenvalue weighted by Gasteiger charge is 2.19. The topological polar surface area (TPSA) is 28.2 Å². The van der Waals surface area contributed by atoms with Gasteiger partial charge in [-0.15, -0.1) is 0 Å². The summed E-state index contributed by atoms with van der Waals surface area (Å²) in [6, 6.07) is 4.65. The van der Waals surface area contributed by atoms with Gasteiger partial charge in [0.1, 0.15) is 5.82 Å². The van der Waals surface area contributed by atoms with Crippen molar-refractivity contribution in [1.82, 2.24) is 10.3 Å². The zero-order chi connectivity index (χ0) is 9.97. The highest BCUT2D eigenvalue weighted by Crippen LogP contribution is 2.19. The minimum atomic E-state index is 0.539. The number of nitrogens with zero attached hydrogens (tertiary/aromatic N) is 2. The lowest BCUT2D eigenvalue weighted by Gasteiger charge is -2.35. The van der Waals surface area contributed by atoms with Gasteiger partial charge in [0.2, 0.25) is 0 Å². The Morgan fingerprint density at radius 2 is 2.43 bits per heavy atom. The van der Waals surface area contributed by atoms with Crippen LogP contribution in [0.15, 0.2) is 18.3 Å². The van der Waals surface area contributed by atoms with Crippen molar-refractivity contribution in [3.63, 3.8) is 0 Å². The fourth-order valence-corrected chi connectivity index (χ4v) is 1.93. The molecule has 1 aliphatic heterocycles. The van der Waals surface area contributed by atoms with Crippen LogP contribution in [0.5, 0.6) is 0 Å². The Bertz CT molecular complexity index is 311. The number of aryl methyl sites for hydroxylation is 1. The first-order valence-corrected chi connectivity index (χ1v) is 5.18. The third-order valence-electron chi connectivity index (χ3n) is 2.76. The van der Waals surface area contributed by atoms with Crippen molar-refractivity contribution < 1.29 is 0 Å². The number of rotatable bonds is 1. The van der Waals surface area contributed by atoms with Crippen LogP contribution >= 0.6 is 0 Å². The summed E-state index contributed by atoms with van der Waals surface area (Å²) >= 11 is 0. The second-order valence-electron chi connectivity index (χ2n) is 3.89. The number of hydrogen-bond acceptors (Lipinski definition) is 3. The Hall–Kier alpha value is -1.09. The minimum Gasteiger partial charge on any atom is -0.351 e. The van der Waals surface area contributed by atoms with Crippen molar-refractivity contribution in [1.29, 1.82) is 0 Å². The van der Waals surface area contributed by atoms with E-state index in [4.69, 9.17) is 0 Å². The molecule has 1 aromatic rings. The number of piperazine rings is 1. The molecular weight excluding hydrogens is 174 g/mol. The van der Waals surface area contributed by atoms with Gasteiger partial charge < -0.3 is 10.2 Å². The normalized spacial score (nSPS) is 22.4. The number of anilines is 1. The van der Waals surface area contributed by atoms with E-state index < -0.39 is 0 Å². The molecule has 0 radical (unpaired) electrons. The molecule has 0 spiro atoms. The third kappa shape index (κ3) is 1.73. The van der Waals surface area contributed by atoms with Crippen LogP contribution < -0.4 is 10.2 Å². The maximum absolute atomic E-state index is 4.45. The average molecular weight is 191 g/mol. The molecule has 0 aromatic carbocycles. The van der Waals surface area contributed by atoms with Crippen LogP contribution in [0.2, 0.25) is 0 Å². The Kier molecular flexibility index (Phi) is 2.68. The fraction of sp³-hybridized carbons (Fsp3) is 0.545. The van der Waals surface area contributed by atoms with Crippen LogP contribution in [0.1, 0.15) is 12.5 Å². The predicted octanol–water partition coefficient (Wildman–Crippen LogP) is 1.19. The van der Waals surface area contributed by atoms with Crippen LogP contribution in [0.3, 0.4) is 0 Å². The summed E-state index contributed by atoms with van der Waals surface area (Å²) in [5, 5.41) is 3.38. The van der Waals surface area contributed by atoms with Gasteiger partial charge in [-0.25, -0.2) is 4.98 Å². The van der Waals surface area contributed by atoms with Gasteiger partial charge in [-0.05, 0) is 25.5 Å². The molecule has 0 bridgehead atoms. The molecule has 1 N–H and O–H groups in total. The Morgan fingerprint density at radius 1 is 1.57 bits per heavy atom. The van der Waals surface area contributed by atoms with Crippen molar-refractivity contribution in [3.8, 4) is 0 Å². The van der Waals surface area contributed by atoms with Gasteiger partial charge in [0.05, 0.1) is 0 Å². The SMILES string of the molecule is Cc1cccnc1N1CCNCC1C. The van der Waals surface area contributed by atoms with E-state index in [0.29, 0.717) is 6.04 Å². The molecule has 3 heteroatoms. The van der Waals surface area contributed by atoms with Crippen molar-refractivity contribution in [3.05, 3.63) is 23.9 Å². The molecule has 2 heterocycles. The molecule has 0 amide bonds. The zero-order valence-electron chi connectivity index (χ0n) is 8.83. The number of hydrogen-bond donors (Lipinski definition) is 1.